The van der Waals surface area contributed by atoms with Gasteiger partial charge in [0.25, 0.3) is 0 Å². The van der Waals surface area contributed by atoms with Gasteiger partial charge in [0.05, 0.1) is 6.54 Å². The van der Waals surface area contributed by atoms with Crippen molar-refractivity contribution in [2.24, 2.45) is 0 Å². The van der Waals surface area contributed by atoms with Crippen LogP contribution in [0.2, 0.25) is 0 Å². The molecule has 0 aliphatic carbocycles. The minimum absolute atomic E-state index is 0.465. The van der Waals surface area contributed by atoms with Crippen molar-refractivity contribution < 1.29 is 0 Å². The molecule has 0 radical (unpaired) electrons. The van der Waals surface area contributed by atoms with Crippen molar-refractivity contribution in [2.75, 3.05) is 11.4 Å². The molecule has 86 valence electrons. The van der Waals surface area contributed by atoms with Gasteiger partial charge < -0.3 is 4.90 Å². The van der Waals surface area contributed by atoms with Gasteiger partial charge in [0, 0.05) is 11.4 Å². The molecule has 17 heavy (non-hydrogen) atoms. The number of thiophene rings is 1. The predicted molar refractivity (Wildman–Crippen MR) is 70.0 cm³/mol. The first-order chi connectivity index (χ1) is 8.33. The normalized spacial score (nSPS) is 9.88. The Balaban J connectivity index is 2.20. The van der Waals surface area contributed by atoms with Crippen molar-refractivity contribution in [3.63, 3.8) is 0 Å². The molecular formula is C13H13N3S. The largest absolute Gasteiger partial charge is 0.352 e. The van der Waals surface area contributed by atoms with E-state index in [0.29, 0.717) is 5.69 Å². The van der Waals surface area contributed by atoms with Crippen LogP contribution in [0, 0.1) is 11.3 Å². The lowest BCUT2D eigenvalue weighted by atomic mass is 10.3. The zero-order chi connectivity index (χ0) is 12.1. The summed E-state index contributed by atoms with van der Waals surface area (Å²) in [5.41, 5.74) is 0.465. The van der Waals surface area contributed by atoms with Gasteiger partial charge in [-0.2, -0.15) is 5.26 Å². The van der Waals surface area contributed by atoms with E-state index in [1.165, 1.54) is 4.88 Å². The highest BCUT2D eigenvalue weighted by Crippen LogP contribution is 2.17. The van der Waals surface area contributed by atoms with Crippen molar-refractivity contribution in [1.82, 2.24) is 4.98 Å². The minimum Gasteiger partial charge on any atom is -0.352 e. The van der Waals surface area contributed by atoms with Gasteiger partial charge in [-0.25, -0.2) is 4.98 Å². The van der Waals surface area contributed by atoms with Gasteiger partial charge in [-0.15, -0.1) is 11.3 Å². The van der Waals surface area contributed by atoms with Crippen LogP contribution in [0.5, 0.6) is 0 Å². The third kappa shape index (κ3) is 2.83. The van der Waals surface area contributed by atoms with Crippen molar-refractivity contribution in [2.45, 2.75) is 13.5 Å². The SMILES string of the molecule is CCN(Cc1cccs1)c1cccc(C#N)n1. The number of nitriles is 1. The Hall–Kier alpha value is -1.86. The number of pyridine rings is 1. The van der Waals surface area contributed by atoms with E-state index in [2.05, 4.69) is 34.3 Å². The Morgan fingerprint density at radius 3 is 2.88 bits per heavy atom. The van der Waals surface area contributed by atoms with Crippen LogP contribution in [0.25, 0.3) is 0 Å². The lowest BCUT2D eigenvalue weighted by Gasteiger charge is -2.21. The quantitative estimate of drug-likeness (QED) is 0.828. The summed E-state index contributed by atoms with van der Waals surface area (Å²) in [6, 6.07) is 11.8. The summed E-state index contributed by atoms with van der Waals surface area (Å²) in [5.74, 6) is 0.861. The summed E-state index contributed by atoms with van der Waals surface area (Å²) >= 11 is 1.74. The van der Waals surface area contributed by atoms with Crippen LogP contribution in [0.4, 0.5) is 5.82 Å². The third-order valence-electron chi connectivity index (χ3n) is 2.48. The van der Waals surface area contributed by atoms with Crippen molar-refractivity contribution >= 4 is 17.2 Å². The molecular weight excluding hydrogens is 230 g/mol. The molecule has 2 aromatic heterocycles. The molecule has 0 N–H and O–H groups in total. The van der Waals surface area contributed by atoms with E-state index in [0.717, 1.165) is 18.9 Å². The molecule has 0 aromatic carbocycles. The Bertz CT molecular complexity index is 514. The first-order valence-electron chi connectivity index (χ1n) is 5.48. The van der Waals surface area contributed by atoms with Gasteiger partial charge in [0.1, 0.15) is 17.6 Å². The Morgan fingerprint density at radius 2 is 2.24 bits per heavy atom. The zero-order valence-corrected chi connectivity index (χ0v) is 10.4. The smallest absolute Gasteiger partial charge is 0.142 e. The highest BCUT2D eigenvalue weighted by atomic mass is 32.1. The molecule has 3 nitrogen and oxygen atoms in total. The average Bonchev–Trinajstić information content (AvgIpc) is 2.89. The van der Waals surface area contributed by atoms with E-state index >= 15 is 0 Å². The Morgan fingerprint density at radius 1 is 1.35 bits per heavy atom. The summed E-state index contributed by atoms with van der Waals surface area (Å²) in [4.78, 5) is 7.77. The third-order valence-corrected chi connectivity index (χ3v) is 3.34. The number of rotatable bonds is 4. The lowest BCUT2D eigenvalue weighted by molar-refractivity contribution is 0.822. The molecule has 0 spiro atoms. The maximum absolute atomic E-state index is 8.84. The van der Waals surface area contributed by atoms with Gasteiger partial charge in [0.15, 0.2) is 0 Å². The molecule has 2 rings (SSSR count). The monoisotopic (exact) mass is 243 g/mol. The van der Waals surface area contributed by atoms with E-state index in [4.69, 9.17) is 5.26 Å². The second kappa shape index (κ2) is 5.46. The van der Waals surface area contributed by atoms with Crippen LogP contribution in [0.1, 0.15) is 17.5 Å². The number of hydrogen-bond acceptors (Lipinski definition) is 4. The molecule has 0 amide bonds. The second-order valence-electron chi connectivity index (χ2n) is 3.59. The van der Waals surface area contributed by atoms with Crippen molar-refractivity contribution in [3.05, 3.63) is 46.3 Å². The molecule has 0 atom stereocenters. The summed E-state index contributed by atoms with van der Waals surface area (Å²) < 4.78 is 0. The predicted octanol–water partition coefficient (Wildman–Crippen LogP) is 3.04. The van der Waals surface area contributed by atoms with E-state index in [1.807, 2.05) is 18.2 Å². The standard InChI is InChI=1S/C13H13N3S/c1-2-16(10-12-6-4-8-17-12)13-7-3-5-11(9-14)15-13/h3-8H,2,10H2,1H3. The van der Waals surface area contributed by atoms with Crippen LogP contribution in [0.15, 0.2) is 35.7 Å². The number of hydrogen-bond donors (Lipinski definition) is 0. The number of nitrogens with zero attached hydrogens (tertiary/aromatic N) is 3. The van der Waals surface area contributed by atoms with Crippen LogP contribution in [-0.4, -0.2) is 11.5 Å². The molecule has 0 aliphatic rings. The molecule has 0 aliphatic heterocycles. The van der Waals surface area contributed by atoms with Gasteiger partial charge in [-0.3, -0.25) is 0 Å². The van der Waals surface area contributed by atoms with Crippen LogP contribution in [0.3, 0.4) is 0 Å². The van der Waals surface area contributed by atoms with E-state index in [9.17, 15) is 0 Å². The summed E-state index contributed by atoms with van der Waals surface area (Å²) in [7, 11) is 0. The van der Waals surface area contributed by atoms with Crippen LogP contribution < -0.4 is 4.90 Å². The Kier molecular flexibility index (Phi) is 3.73. The molecule has 0 saturated heterocycles. The first-order valence-corrected chi connectivity index (χ1v) is 6.36. The molecule has 0 bridgehead atoms. The highest BCUT2D eigenvalue weighted by molar-refractivity contribution is 7.09. The van der Waals surface area contributed by atoms with Gasteiger partial charge in [-0.1, -0.05) is 12.1 Å². The van der Waals surface area contributed by atoms with Crippen molar-refractivity contribution in [1.29, 1.82) is 5.26 Å². The maximum Gasteiger partial charge on any atom is 0.142 e. The van der Waals surface area contributed by atoms with Gasteiger partial charge in [0.2, 0.25) is 0 Å². The average molecular weight is 243 g/mol. The fraction of sp³-hybridized carbons (Fsp3) is 0.231. The van der Waals surface area contributed by atoms with E-state index in [-0.39, 0.29) is 0 Å². The maximum atomic E-state index is 8.84. The number of anilines is 1. The lowest BCUT2D eigenvalue weighted by Crippen LogP contribution is -2.22. The highest BCUT2D eigenvalue weighted by Gasteiger charge is 2.07. The summed E-state index contributed by atoms with van der Waals surface area (Å²) in [6.45, 7) is 3.81. The number of aromatic nitrogens is 1. The fourth-order valence-corrected chi connectivity index (χ4v) is 2.33. The molecule has 0 fully saturated rings. The van der Waals surface area contributed by atoms with Crippen molar-refractivity contribution in [3.8, 4) is 6.07 Å². The first kappa shape index (κ1) is 11.6. The van der Waals surface area contributed by atoms with Gasteiger partial charge in [-0.05, 0) is 30.5 Å². The second-order valence-corrected chi connectivity index (χ2v) is 4.62. The molecule has 4 heteroatoms. The Labute approximate surface area is 105 Å². The topological polar surface area (TPSA) is 39.9 Å². The molecule has 2 aromatic rings. The van der Waals surface area contributed by atoms with E-state index < -0.39 is 0 Å². The molecule has 2 heterocycles. The van der Waals surface area contributed by atoms with Crippen LogP contribution >= 0.6 is 11.3 Å². The summed E-state index contributed by atoms with van der Waals surface area (Å²) in [5, 5.41) is 10.9. The fourth-order valence-electron chi connectivity index (χ4n) is 1.61. The zero-order valence-electron chi connectivity index (χ0n) is 9.63. The minimum atomic E-state index is 0.465. The molecule has 0 unspecified atom stereocenters. The van der Waals surface area contributed by atoms with Crippen LogP contribution in [-0.2, 0) is 6.54 Å². The van der Waals surface area contributed by atoms with E-state index in [1.54, 1.807) is 17.4 Å². The molecule has 0 saturated carbocycles. The van der Waals surface area contributed by atoms with Gasteiger partial charge >= 0.3 is 0 Å². The summed E-state index contributed by atoms with van der Waals surface area (Å²) in [6.07, 6.45) is 0.